The largest absolute Gasteiger partial charge is 0.478 e. The lowest BCUT2D eigenvalue weighted by Gasteiger charge is -1.89. The third kappa shape index (κ3) is 11.9. The van der Waals surface area contributed by atoms with Crippen molar-refractivity contribution in [1.29, 1.82) is 5.26 Å². The lowest BCUT2D eigenvalue weighted by Crippen LogP contribution is -1.97. The number of carboxylic acid groups (broad SMARTS) is 2. The molecule has 0 radical (unpaired) electrons. The van der Waals surface area contributed by atoms with Crippen LogP contribution in [0.2, 0.25) is 0 Å². The normalized spacial score (nSPS) is 9.38. The number of carbonyl (C=O) groups is 2. The predicted molar refractivity (Wildman–Crippen MR) is 58.7 cm³/mol. The van der Waals surface area contributed by atoms with E-state index in [0.29, 0.717) is 6.42 Å². The van der Waals surface area contributed by atoms with Crippen molar-refractivity contribution in [2.45, 2.75) is 26.2 Å². The maximum absolute atomic E-state index is 10.2. The molecular weight excluding hydrogens is 210 g/mol. The molecule has 2 N–H and O–H groups in total. The van der Waals surface area contributed by atoms with Gasteiger partial charge in [-0.25, -0.2) is 9.59 Å². The van der Waals surface area contributed by atoms with Crippen LogP contribution in [0.3, 0.4) is 0 Å². The zero-order valence-electron chi connectivity index (χ0n) is 9.14. The molecule has 0 aliphatic heterocycles. The standard InChI is InChI=1S/C8H11NO2.C3H4O2/c1-2-3-4-5-7(6-9)8(10)11;1-2-3(4)5/h5H,2-4H2,1H3,(H,10,11);2H,1H2,(H,4,5). The molecule has 0 unspecified atom stereocenters. The van der Waals surface area contributed by atoms with Crippen LogP contribution in [0.15, 0.2) is 24.3 Å². The smallest absolute Gasteiger partial charge is 0.346 e. The second-order valence-corrected chi connectivity index (χ2v) is 2.72. The van der Waals surface area contributed by atoms with Crippen LogP contribution >= 0.6 is 0 Å². The van der Waals surface area contributed by atoms with Gasteiger partial charge in [-0.1, -0.05) is 32.4 Å². The summed E-state index contributed by atoms with van der Waals surface area (Å²) in [4.78, 5) is 19.5. The summed E-state index contributed by atoms with van der Waals surface area (Å²) in [5.74, 6) is -2.12. The Bertz CT molecular complexity index is 312. The van der Waals surface area contributed by atoms with Crippen LogP contribution in [0.5, 0.6) is 0 Å². The first kappa shape index (κ1) is 16.3. The van der Waals surface area contributed by atoms with Crippen LogP contribution in [0, 0.1) is 11.3 Å². The van der Waals surface area contributed by atoms with Crippen molar-refractivity contribution in [3.05, 3.63) is 24.3 Å². The number of nitriles is 1. The molecule has 0 rings (SSSR count). The molecule has 0 aliphatic rings. The Hall–Kier alpha value is -2.09. The van der Waals surface area contributed by atoms with E-state index in [1.165, 1.54) is 6.08 Å². The molecule has 0 saturated carbocycles. The summed E-state index contributed by atoms with van der Waals surface area (Å²) in [5, 5.41) is 24.3. The van der Waals surface area contributed by atoms with Crippen molar-refractivity contribution < 1.29 is 19.8 Å². The topological polar surface area (TPSA) is 98.4 Å². The van der Waals surface area contributed by atoms with E-state index in [2.05, 4.69) is 6.58 Å². The Kier molecular flexibility index (Phi) is 11.2. The van der Waals surface area contributed by atoms with E-state index in [1.807, 2.05) is 6.92 Å². The Labute approximate surface area is 94.3 Å². The van der Waals surface area contributed by atoms with Gasteiger partial charge in [0.1, 0.15) is 11.6 Å². The van der Waals surface area contributed by atoms with Crippen LogP contribution in [0.25, 0.3) is 0 Å². The lowest BCUT2D eigenvalue weighted by atomic mass is 10.2. The molecule has 0 heterocycles. The van der Waals surface area contributed by atoms with Crippen molar-refractivity contribution in [1.82, 2.24) is 0 Å². The van der Waals surface area contributed by atoms with Gasteiger partial charge in [0.25, 0.3) is 0 Å². The van der Waals surface area contributed by atoms with Crippen molar-refractivity contribution in [3.63, 3.8) is 0 Å². The van der Waals surface area contributed by atoms with Gasteiger partial charge in [0, 0.05) is 6.08 Å². The highest BCUT2D eigenvalue weighted by atomic mass is 16.4. The van der Waals surface area contributed by atoms with Gasteiger partial charge in [-0.15, -0.1) is 0 Å². The van der Waals surface area contributed by atoms with E-state index in [-0.39, 0.29) is 5.57 Å². The molecule has 5 heteroatoms. The Morgan fingerprint density at radius 1 is 1.44 bits per heavy atom. The highest BCUT2D eigenvalue weighted by Crippen LogP contribution is 2.00. The molecule has 0 amide bonds. The molecule has 0 aliphatic carbocycles. The summed E-state index contributed by atoms with van der Waals surface area (Å²) in [7, 11) is 0. The minimum absolute atomic E-state index is 0.154. The van der Waals surface area contributed by atoms with Crippen LogP contribution < -0.4 is 0 Å². The number of hydrogen-bond donors (Lipinski definition) is 2. The third-order valence-electron chi connectivity index (χ3n) is 1.43. The maximum Gasteiger partial charge on any atom is 0.346 e. The molecule has 88 valence electrons. The van der Waals surface area contributed by atoms with Gasteiger partial charge in [-0.05, 0) is 6.42 Å². The molecule has 16 heavy (non-hydrogen) atoms. The molecule has 0 bridgehead atoms. The minimum atomic E-state index is -1.14. The number of rotatable bonds is 5. The molecule has 0 saturated heterocycles. The van der Waals surface area contributed by atoms with Gasteiger partial charge in [0.2, 0.25) is 0 Å². The molecule has 0 fully saturated rings. The molecule has 0 atom stereocenters. The van der Waals surface area contributed by atoms with Gasteiger partial charge in [-0.2, -0.15) is 5.26 Å². The van der Waals surface area contributed by atoms with E-state index >= 15 is 0 Å². The SMILES string of the molecule is C=CC(=O)O.CCCCC=C(C#N)C(=O)O. The van der Waals surface area contributed by atoms with E-state index in [0.717, 1.165) is 18.9 Å². The lowest BCUT2D eigenvalue weighted by molar-refractivity contribution is -0.132. The zero-order valence-corrected chi connectivity index (χ0v) is 9.14. The van der Waals surface area contributed by atoms with Crippen LogP contribution in [0.4, 0.5) is 0 Å². The average Bonchev–Trinajstić information content (AvgIpc) is 2.24. The summed E-state index contributed by atoms with van der Waals surface area (Å²) in [5.41, 5.74) is -0.154. The second-order valence-electron chi connectivity index (χ2n) is 2.72. The Balaban J connectivity index is 0. The summed E-state index contributed by atoms with van der Waals surface area (Å²) in [6.07, 6.45) is 4.91. The van der Waals surface area contributed by atoms with E-state index in [4.69, 9.17) is 15.5 Å². The van der Waals surface area contributed by atoms with Gasteiger partial charge < -0.3 is 10.2 Å². The maximum atomic E-state index is 10.2. The third-order valence-corrected chi connectivity index (χ3v) is 1.43. The van der Waals surface area contributed by atoms with Gasteiger partial charge >= 0.3 is 11.9 Å². The van der Waals surface area contributed by atoms with E-state index in [9.17, 15) is 9.59 Å². The first-order chi connectivity index (χ1) is 7.49. The zero-order chi connectivity index (χ0) is 13.0. The molecule has 0 aromatic rings. The van der Waals surface area contributed by atoms with Crippen LogP contribution in [-0.2, 0) is 9.59 Å². The summed E-state index contributed by atoms with van der Waals surface area (Å²) < 4.78 is 0. The highest BCUT2D eigenvalue weighted by Gasteiger charge is 2.03. The monoisotopic (exact) mass is 225 g/mol. The summed E-state index contributed by atoms with van der Waals surface area (Å²) in [6.45, 7) is 4.98. The van der Waals surface area contributed by atoms with E-state index < -0.39 is 11.9 Å². The van der Waals surface area contributed by atoms with Gasteiger partial charge in [-0.3, -0.25) is 0 Å². The number of allylic oxidation sites excluding steroid dienone is 1. The summed E-state index contributed by atoms with van der Waals surface area (Å²) >= 11 is 0. The average molecular weight is 225 g/mol. The van der Waals surface area contributed by atoms with Gasteiger partial charge in [0.15, 0.2) is 0 Å². The minimum Gasteiger partial charge on any atom is -0.478 e. The molecule has 0 aromatic carbocycles. The molecule has 5 nitrogen and oxygen atoms in total. The summed E-state index contributed by atoms with van der Waals surface area (Å²) in [6, 6.07) is 1.62. The number of nitrogens with zero attached hydrogens (tertiary/aromatic N) is 1. The molecular formula is C11H15NO4. The first-order valence-electron chi connectivity index (χ1n) is 4.68. The Morgan fingerprint density at radius 3 is 2.19 bits per heavy atom. The van der Waals surface area contributed by atoms with E-state index in [1.54, 1.807) is 6.07 Å². The number of hydrogen-bond acceptors (Lipinski definition) is 3. The fourth-order valence-electron chi connectivity index (χ4n) is 0.631. The fraction of sp³-hybridized carbons (Fsp3) is 0.364. The van der Waals surface area contributed by atoms with Crippen molar-refractivity contribution in [3.8, 4) is 6.07 Å². The van der Waals surface area contributed by atoms with Crippen molar-refractivity contribution >= 4 is 11.9 Å². The predicted octanol–water partition coefficient (Wildman–Crippen LogP) is 1.97. The quantitative estimate of drug-likeness (QED) is 0.423. The van der Waals surface area contributed by atoms with Crippen molar-refractivity contribution in [2.24, 2.45) is 0 Å². The van der Waals surface area contributed by atoms with Crippen LogP contribution in [0.1, 0.15) is 26.2 Å². The molecule has 0 aromatic heterocycles. The Morgan fingerprint density at radius 2 is 1.94 bits per heavy atom. The number of carboxylic acids is 2. The first-order valence-corrected chi connectivity index (χ1v) is 4.68. The van der Waals surface area contributed by atoms with Crippen molar-refractivity contribution in [2.75, 3.05) is 0 Å². The molecule has 0 spiro atoms. The number of unbranched alkanes of at least 4 members (excludes halogenated alkanes) is 2. The van der Waals surface area contributed by atoms with Crippen LogP contribution in [-0.4, -0.2) is 22.2 Å². The highest BCUT2D eigenvalue weighted by molar-refractivity contribution is 5.90. The fourth-order valence-corrected chi connectivity index (χ4v) is 0.631. The second kappa shape index (κ2) is 11.0. The van der Waals surface area contributed by atoms with Gasteiger partial charge in [0.05, 0.1) is 0 Å². The number of aliphatic carboxylic acids is 2.